The maximum Gasteiger partial charge on any atom is 0.315 e. The molecule has 0 aliphatic carbocycles. The average Bonchev–Trinajstić information content (AvgIpc) is 3.10. The number of aromatic hydroxyl groups is 2. The Hall–Kier alpha value is -2.82. The fourth-order valence-corrected chi connectivity index (χ4v) is 3.15. The van der Waals surface area contributed by atoms with Crippen molar-refractivity contribution in [2.45, 2.75) is 19.3 Å². The average molecular weight is 415 g/mol. The Morgan fingerprint density at radius 1 is 1.33 bits per heavy atom. The summed E-state index contributed by atoms with van der Waals surface area (Å²) in [6.07, 6.45) is 0. The summed E-state index contributed by atoms with van der Waals surface area (Å²) in [5, 5.41) is 45.1. The fourth-order valence-electron chi connectivity index (χ4n) is 2.55. The van der Waals surface area contributed by atoms with Crippen molar-refractivity contribution in [3.05, 3.63) is 44.4 Å². The first-order valence-electron chi connectivity index (χ1n) is 7.38. The fraction of sp³-hybridized carbons (Fsp3) is 0.200. The Morgan fingerprint density at radius 3 is 2.63 bits per heavy atom. The molecule has 0 saturated heterocycles. The number of nitro benzene ring substituents is 1. The summed E-state index contributed by atoms with van der Waals surface area (Å²) in [7, 11) is 0. The summed E-state index contributed by atoms with van der Waals surface area (Å²) in [5.74, 6) is -1.76. The molecule has 0 radical (unpaired) electrons. The Balaban J connectivity index is 2.10. The lowest BCUT2D eigenvalue weighted by atomic mass is 10.0. The minimum absolute atomic E-state index is 0.00224. The third-order valence-electron chi connectivity index (χ3n) is 4.03. The number of hydroxylamine groups is 2. The van der Waals surface area contributed by atoms with Crippen LogP contribution in [-0.4, -0.2) is 41.0 Å². The van der Waals surface area contributed by atoms with E-state index in [1.807, 2.05) is 0 Å². The molecule has 3 rings (SSSR count). The molecule has 0 fully saturated rings. The number of allylic oxidation sites excluding steroid dienone is 3. The van der Waals surface area contributed by atoms with Crippen LogP contribution >= 0.6 is 23.2 Å². The summed E-state index contributed by atoms with van der Waals surface area (Å²) >= 11 is 12.4. The van der Waals surface area contributed by atoms with E-state index in [0.29, 0.717) is 11.3 Å². The Kier molecular flexibility index (Phi) is 4.72. The van der Waals surface area contributed by atoms with Crippen molar-refractivity contribution in [3.63, 3.8) is 0 Å². The van der Waals surface area contributed by atoms with Gasteiger partial charge in [-0.25, -0.2) is 5.06 Å². The van der Waals surface area contributed by atoms with Gasteiger partial charge in [0, 0.05) is 11.6 Å². The molecule has 27 heavy (non-hydrogen) atoms. The predicted molar refractivity (Wildman–Crippen MR) is 94.1 cm³/mol. The van der Waals surface area contributed by atoms with Gasteiger partial charge in [-0.2, -0.15) is 4.98 Å². The maximum atomic E-state index is 11.0. The van der Waals surface area contributed by atoms with Crippen LogP contribution in [0.3, 0.4) is 0 Å². The van der Waals surface area contributed by atoms with Crippen LogP contribution < -0.4 is 0 Å². The van der Waals surface area contributed by atoms with Gasteiger partial charge in [-0.15, -0.1) is 0 Å². The highest BCUT2D eigenvalue weighted by Crippen LogP contribution is 2.41. The Morgan fingerprint density at radius 2 is 2.00 bits per heavy atom. The molecular formula is C15H12Cl2N4O6. The molecule has 3 N–H and O–H groups in total. The number of nitrogens with zero attached hydrogens (tertiary/aromatic N) is 4. The molecule has 10 nitrogen and oxygen atoms in total. The highest BCUT2D eigenvalue weighted by Gasteiger charge is 2.33. The molecule has 2 aromatic rings. The molecule has 2 heterocycles. The molecule has 1 aliphatic heterocycles. The van der Waals surface area contributed by atoms with E-state index in [4.69, 9.17) is 27.7 Å². The number of phenols is 2. The molecule has 0 bridgehead atoms. The topological polar surface area (TPSA) is 146 Å². The van der Waals surface area contributed by atoms with Crippen LogP contribution in [0.2, 0.25) is 0 Å². The molecule has 1 aromatic carbocycles. The number of phenolic OH excluding ortho intramolecular Hbond substituents is 2. The van der Waals surface area contributed by atoms with Gasteiger partial charge in [0.1, 0.15) is 0 Å². The first-order valence-corrected chi connectivity index (χ1v) is 8.19. The van der Waals surface area contributed by atoms with Gasteiger partial charge in [-0.1, -0.05) is 28.4 Å². The number of benzene rings is 1. The van der Waals surface area contributed by atoms with Crippen LogP contribution in [0.1, 0.15) is 19.7 Å². The number of hydrogen-bond acceptors (Lipinski definition) is 9. The molecule has 142 valence electrons. The number of hydrogen-bond donors (Lipinski definition) is 3. The van der Waals surface area contributed by atoms with Crippen molar-refractivity contribution >= 4 is 34.5 Å². The lowest BCUT2D eigenvalue weighted by Gasteiger charge is -2.30. The Labute approximate surface area is 161 Å². The minimum atomic E-state index is -1.04. The summed E-state index contributed by atoms with van der Waals surface area (Å²) in [6.45, 7) is 3.24. The second kappa shape index (κ2) is 6.72. The molecule has 12 heteroatoms. The number of halogens is 2. The third kappa shape index (κ3) is 3.07. The second-order valence-corrected chi connectivity index (χ2v) is 6.45. The molecule has 1 aromatic heterocycles. The van der Waals surface area contributed by atoms with E-state index < -0.39 is 27.6 Å². The van der Waals surface area contributed by atoms with Gasteiger partial charge in [0.2, 0.25) is 11.6 Å². The van der Waals surface area contributed by atoms with Crippen molar-refractivity contribution in [2.75, 3.05) is 0 Å². The van der Waals surface area contributed by atoms with Crippen LogP contribution in [0, 0.1) is 10.1 Å². The van der Waals surface area contributed by atoms with Gasteiger partial charge in [-0.3, -0.25) is 15.3 Å². The van der Waals surface area contributed by atoms with Gasteiger partial charge in [0.15, 0.2) is 11.3 Å². The van der Waals surface area contributed by atoms with Gasteiger partial charge < -0.3 is 14.7 Å². The number of nitro groups is 1. The predicted octanol–water partition coefficient (Wildman–Crippen LogP) is 3.57. The zero-order valence-corrected chi connectivity index (χ0v) is 15.4. The highest BCUT2D eigenvalue weighted by molar-refractivity contribution is 6.34. The maximum absolute atomic E-state index is 11.0. The van der Waals surface area contributed by atoms with Gasteiger partial charge in [0.05, 0.1) is 21.2 Å². The molecule has 1 aliphatic rings. The number of aromatic nitrogens is 2. The molecule has 0 spiro atoms. The Bertz CT molecular complexity index is 1020. The molecule has 0 amide bonds. The van der Waals surface area contributed by atoms with Crippen LogP contribution in [0.25, 0.3) is 17.0 Å². The smallest absolute Gasteiger partial charge is 0.315 e. The highest BCUT2D eigenvalue weighted by atomic mass is 35.5. The zero-order valence-electron chi connectivity index (χ0n) is 13.8. The van der Waals surface area contributed by atoms with Crippen molar-refractivity contribution in [1.29, 1.82) is 0 Å². The van der Waals surface area contributed by atoms with Crippen LogP contribution in [0.4, 0.5) is 5.69 Å². The summed E-state index contributed by atoms with van der Waals surface area (Å²) < 4.78 is 5.10. The lowest BCUT2D eigenvalue weighted by molar-refractivity contribution is -0.385. The van der Waals surface area contributed by atoms with E-state index in [9.17, 15) is 25.5 Å². The largest absolute Gasteiger partial charge is 0.504 e. The summed E-state index contributed by atoms with van der Waals surface area (Å²) in [6, 6.07) is 2.01. The minimum Gasteiger partial charge on any atom is -0.504 e. The number of alkyl halides is 1. The normalized spacial score (nSPS) is 17.7. The van der Waals surface area contributed by atoms with E-state index in [1.165, 1.54) is 0 Å². The van der Waals surface area contributed by atoms with Crippen molar-refractivity contribution in [1.82, 2.24) is 15.2 Å². The van der Waals surface area contributed by atoms with Crippen molar-refractivity contribution in [2.24, 2.45) is 0 Å². The third-order valence-corrected chi connectivity index (χ3v) is 4.99. The van der Waals surface area contributed by atoms with E-state index in [0.717, 1.165) is 17.2 Å². The SMILES string of the molecule is CC1=C(c2noc(-c3cc(O)c(O)c([N+](=O)[O-])c3)n2)C(Cl)N(O)C(C)=C1Cl. The van der Waals surface area contributed by atoms with Gasteiger partial charge in [-0.05, 0) is 25.5 Å². The second-order valence-electron chi connectivity index (χ2n) is 5.66. The van der Waals surface area contributed by atoms with E-state index >= 15 is 0 Å². The van der Waals surface area contributed by atoms with Crippen molar-refractivity contribution < 1.29 is 24.9 Å². The molecule has 1 unspecified atom stereocenters. The zero-order chi connectivity index (χ0) is 20.0. The summed E-state index contributed by atoms with van der Waals surface area (Å²) in [5.41, 5.74) is -0.611. The first-order chi connectivity index (χ1) is 12.6. The van der Waals surface area contributed by atoms with Crippen molar-refractivity contribution in [3.8, 4) is 23.0 Å². The standard InChI is InChI=1S/C15H12Cl2N4O6/c1-5-10(13(17)20(24)6(2)11(5)16)14-18-15(27-19-14)7-3-8(21(25)26)12(23)9(22)4-7/h3-4,13,22-24H,1-2H3. The molecular weight excluding hydrogens is 403 g/mol. The van der Waals surface area contributed by atoms with E-state index in [-0.39, 0.29) is 27.9 Å². The quantitative estimate of drug-likeness (QED) is 0.225. The first kappa shape index (κ1) is 19.0. The molecule has 1 atom stereocenters. The summed E-state index contributed by atoms with van der Waals surface area (Å²) in [4.78, 5) is 14.2. The number of rotatable bonds is 3. The lowest BCUT2D eigenvalue weighted by Crippen LogP contribution is -2.32. The van der Waals surface area contributed by atoms with E-state index in [1.54, 1.807) is 13.8 Å². The van der Waals surface area contributed by atoms with E-state index in [2.05, 4.69) is 10.1 Å². The monoisotopic (exact) mass is 414 g/mol. The van der Waals surface area contributed by atoms with Crippen LogP contribution in [-0.2, 0) is 0 Å². The van der Waals surface area contributed by atoms with Gasteiger partial charge in [0.25, 0.3) is 5.89 Å². The molecule has 0 saturated carbocycles. The van der Waals surface area contributed by atoms with Crippen LogP contribution in [0.5, 0.6) is 11.5 Å². The van der Waals surface area contributed by atoms with Crippen LogP contribution in [0.15, 0.2) is 33.0 Å². The van der Waals surface area contributed by atoms with Gasteiger partial charge >= 0.3 is 5.69 Å².